The lowest BCUT2D eigenvalue weighted by Gasteiger charge is -2.06. The first-order chi connectivity index (χ1) is 7.41. The maximum absolute atomic E-state index is 10.4. The van der Waals surface area contributed by atoms with Gasteiger partial charge in [-0.3, -0.25) is 0 Å². The molecule has 0 heterocycles. The molecule has 1 rings (SSSR count). The number of nitrogens with two attached hydrogens (primary N) is 1. The predicted molar refractivity (Wildman–Crippen MR) is 63.1 cm³/mol. The first-order valence-corrected chi connectivity index (χ1v) is 4.95. The highest BCUT2D eigenvalue weighted by molar-refractivity contribution is 6.36. The van der Waals surface area contributed by atoms with Crippen LogP contribution in [-0.4, -0.2) is 16.8 Å². The average molecular weight is 262 g/mol. The lowest BCUT2D eigenvalue weighted by molar-refractivity contribution is 0.249. The highest BCUT2D eigenvalue weighted by Gasteiger charge is 2.10. The van der Waals surface area contributed by atoms with Crippen LogP contribution >= 0.6 is 23.2 Å². The van der Waals surface area contributed by atoms with Gasteiger partial charge < -0.3 is 10.8 Å². The van der Waals surface area contributed by atoms with E-state index >= 15 is 0 Å². The summed E-state index contributed by atoms with van der Waals surface area (Å²) >= 11 is 11.5. The van der Waals surface area contributed by atoms with E-state index in [0.29, 0.717) is 16.3 Å². The van der Waals surface area contributed by atoms with Gasteiger partial charge in [0.25, 0.3) is 0 Å². The highest BCUT2D eigenvalue weighted by Crippen LogP contribution is 2.31. The molecule has 0 saturated heterocycles. The van der Waals surface area contributed by atoms with Crippen molar-refractivity contribution in [3.63, 3.8) is 0 Å². The zero-order valence-electron chi connectivity index (χ0n) is 8.29. The van der Waals surface area contributed by atoms with Crippen LogP contribution in [0.25, 0.3) is 0 Å². The number of primary amides is 1. The second kappa shape index (κ2) is 5.05. The van der Waals surface area contributed by atoms with Crippen molar-refractivity contribution in [1.82, 2.24) is 5.43 Å². The summed E-state index contributed by atoms with van der Waals surface area (Å²) in [5.74, 6) is -0.154. The Balaban J connectivity index is 3.12. The molecule has 7 heteroatoms. The molecule has 0 aliphatic carbocycles. The zero-order chi connectivity index (χ0) is 12.3. The summed E-state index contributed by atoms with van der Waals surface area (Å²) in [5, 5.41) is 13.8. The summed E-state index contributed by atoms with van der Waals surface area (Å²) in [4.78, 5) is 10.4. The Morgan fingerprint density at radius 1 is 1.50 bits per heavy atom. The molecule has 1 aromatic carbocycles. The molecule has 5 nitrogen and oxygen atoms in total. The zero-order valence-corrected chi connectivity index (χ0v) is 9.80. The van der Waals surface area contributed by atoms with E-state index in [-0.39, 0.29) is 10.8 Å². The number of halogens is 2. The molecule has 0 aliphatic heterocycles. The number of hydrazone groups is 1. The van der Waals surface area contributed by atoms with Gasteiger partial charge in [-0.2, -0.15) is 5.10 Å². The lowest BCUT2D eigenvalue weighted by atomic mass is 10.1. The summed E-state index contributed by atoms with van der Waals surface area (Å²) in [6.45, 7) is 1.57. The minimum atomic E-state index is -0.799. The van der Waals surface area contributed by atoms with Gasteiger partial charge in [0.2, 0.25) is 0 Å². The number of hydrogen-bond donors (Lipinski definition) is 3. The van der Waals surface area contributed by atoms with Crippen LogP contribution in [0.1, 0.15) is 12.5 Å². The van der Waals surface area contributed by atoms with Gasteiger partial charge >= 0.3 is 6.03 Å². The van der Waals surface area contributed by atoms with Gasteiger partial charge in [0, 0.05) is 10.6 Å². The predicted octanol–water partition coefficient (Wildman–Crippen LogP) is 2.09. The summed E-state index contributed by atoms with van der Waals surface area (Å²) in [7, 11) is 0. The van der Waals surface area contributed by atoms with E-state index in [0.717, 1.165) is 0 Å². The molecule has 86 valence electrons. The van der Waals surface area contributed by atoms with Gasteiger partial charge in [-0.15, -0.1) is 0 Å². The standard InChI is InChI=1S/C9H9Cl2N3O2/c1-4(13-14-9(12)16)6-2-5(10)3-7(11)8(6)15/h2-3,15H,1H3,(H3,12,14,16). The van der Waals surface area contributed by atoms with Crippen molar-refractivity contribution in [3.8, 4) is 5.75 Å². The smallest absolute Gasteiger partial charge is 0.332 e. The van der Waals surface area contributed by atoms with Gasteiger partial charge in [0.05, 0.1) is 10.7 Å². The van der Waals surface area contributed by atoms with Gasteiger partial charge in [0.1, 0.15) is 5.75 Å². The summed E-state index contributed by atoms with van der Waals surface area (Å²) in [6, 6.07) is 2.08. The van der Waals surface area contributed by atoms with Crippen molar-refractivity contribution in [1.29, 1.82) is 0 Å². The Morgan fingerprint density at radius 3 is 2.69 bits per heavy atom. The summed E-state index contributed by atoms with van der Waals surface area (Å²) in [6.07, 6.45) is 0. The van der Waals surface area contributed by atoms with Crippen molar-refractivity contribution in [2.24, 2.45) is 10.8 Å². The number of benzene rings is 1. The quantitative estimate of drug-likeness (QED) is 0.562. The first kappa shape index (κ1) is 12.6. The van der Waals surface area contributed by atoms with Crippen LogP contribution in [0.4, 0.5) is 4.79 Å². The first-order valence-electron chi connectivity index (χ1n) is 4.20. The number of hydrogen-bond acceptors (Lipinski definition) is 3. The number of amides is 2. The molecular weight excluding hydrogens is 253 g/mol. The van der Waals surface area contributed by atoms with E-state index in [4.69, 9.17) is 28.9 Å². The second-order valence-electron chi connectivity index (χ2n) is 2.96. The highest BCUT2D eigenvalue weighted by atomic mass is 35.5. The number of aromatic hydroxyl groups is 1. The van der Waals surface area contributed by atoms with Gasteiger partial charge in [-0.25, -0.2) is 10.2 Å². The maximum atomic E-state index is 10.4. The number of rotatable bonds is 2. The number of carbonyl (C=O) groups is 1. The molecule has 0 aromatic heterocycles. The Labute approximate surface area is 102 Å². The molecule has 0 aliphatic rings. The molecule has 16 heavy (non-hydrogen) atoms. The van der Waals surface area contributed by atoms with E-state index < -0.39 is 6.03 Å². The van der Waals surface area contributed by atoms with E-state index in [1.807, 2.05) is 5.43 Å². The van der Waals surface area contributed by atoms with Crippen LogP contribution in [0.15, 0.2) is 17.2 Å². The topological polar surface area (TPSA) is 87.7 Å². The Hall–Kier alpha value is -1.46. The minimum Gasteiger partial charge on any atom is -0.506 e. The number of carbonyl (C=O) groups excluding carboxylic acids is 1. The fourth-order valence-corrected chi connectivity index (χ4v) is 1.53. The van der Waals surface area contributed by atoms with Gasteiger partial charge in [0.15, 0.2) is 0 Å². The SMILES string of the molecule is CC(=NNC(N)=O)c1cc(Cl)cc(Cl)c1O. The van der Waals surface area contributed by atoms with Crippen LogP contribution < -0.4 is 11.2 Å². The van der Waals surface area contributed by atoms with Crippen LogP contribution in [-0.2, 0) is 0 Å². The van der Waals surface area contributed by atoms with Crippen LogP contribution in [0.2, 0.25) is 10.0 Å². The molecule has 0 atom stereocenters. The Bertz CT molecular complexity index is 460. The van der Waals surface area contributed by atoms with Gasteiger partial charge in [-0.1, -0.05) is 23.2 Å². The molecule has 0 unspecified atom stereocenters. The molecular formula is C9H9Cl2N3O2. The summed E-state index contributed by atoms with van der Waals surface area (Å²) < 4.78 is 0. The molecule has 4 N–H and O–H groups in total. The molecule has 0 fully saturated rings. The number of urea groups is 1. The summed E-state index contributed by atoms with van der Waals surface area (Å²) in [5.41, 5.74) is 7.54. The Kier molecular flexibility index (Phi) is 3.98. The molecule has 0 radical (unpaired) electrons. The molecule has 0 spiro atoms. The van der Waals surface area contributed by atoms with Crippen molar-refractivity contribution < 1.29 is 9.90 Å². The molecule has 2 amide bonds. The third-order valence-electron chi connectivity index (χ3n) is 1.75. The Morgan fingerprint density at radius 2 is 2.12 bits per heavy atom. The van der Waals surface area contributed by atoms with Crippen molar-refractivity contribution in [2.75, 3.05) is 0 Å². The van der Waals surface area contributed by atoms with Crippen molar-refractivity contribution in [2.45, 2.75) is 6.92 Å². The average Bonchev–Trinajstić information content (AvgIpc) is 2.19. The van der Waals surface area contributed by atoms with E-state index in [2.05, 4.69) is 5.10 Å². The van der Waals surface area contributed by atoms with Crippen LogP contribution in [0, 0.1) is 0 Å². The number of nitrogens with zero attached hydrogens (tertiary/aromatic N) is 1. The van der Waals surface area contributed by atoms with Crippen LogP contribution in [0.3, 0.4) is 0 Å². The number of nitrogens with one attached hydrogen (secondary N) is 1. The van der Waals surface area contributed by atoms with E-state index in [9.17, 15) is 9.90 Å². The lowest BCUT2D eigenvalue weighted by Crippen LogP contribution is -2.25. The largest absolute Gasteiger partial charge is 0.506 e. The van der Waals surface area contributed by atoms with Crippen molar-refractivity contribution in [3.05, 3.63) is 27.7 Å². The third-order valence-corrected chi connectivity index (χ3v) is 2.26. The fraction of sp³-hybridized carbons (Fsp3) is 0.111. The molecule has 0 bridgehead atoms. The third kappa shape index (κ3) is 3.01. The number of phenols is 1. The van der Waals surface area contributed by atoms with E-state index in [1.165, 1.54) is 12.1 Å². The van der Waals surface area contributed by atoms with E-state index in [1.54, 1.807) is 6.92 Å². The van der Waals surface area contributed by atoms with Gasteiger partial charge in [-0.05, 0) is 19.1 Å². The second-order valence-corrected chi connectivity index (χ2v) is 3.80. The van der Waals surface area contributed by atoms with Crippen molar-refractivity contribution >= 4 is 34.9 Å². The normalized spacial score (nSPS) is 11.3. The maximum Gasteiger partial charge on any atom is 0.332 e. The van der Waals surface area contributed by atoms with Crippen LogP contribution in [0.5, 0.6) is 5.75 Å². The fourth-order valence-electron chi connectivity index (χ4n) is 1.04. The number of phenolic OH excluding ortho intramolecular Hbond substituents is 1. The molecule has 0 saturated carbocycles. The monoisotopic (exact) mass is 261 g/mol. The molecule has 1 aromatic rings. The minimum absolute atomic E-state index is 0.108.